The minimum absolute atomic E-state index is 0.234. The predicted molar refractivity (Wildman–Crippen MR) is 76.7 cm³/mol. The van der Waals surface area contributed by atoms with Gasteiger partial charge in [-0.2, -0.15) is 0 Å². The summed E-state index contributed by atoms with van der Waals surface area (Å²) >= 11 is 0. The first kappa shape index (κ1) is 16.2. The van der Waals surface area contributed by atoms with Crippen molar-refractivity contribution < 1.29 is 14.3 Å². The van der Waals surface area contributed by atoms with Crippen LogP contribution >= 0.6 is 0 Å². The van der Waals surface area contributed by atoms with Crippen molar-refractivity contribution in [1.82, 2.24) is 5.32 Å². The van der Waals surface area contributed by atoms with E-state index in [2.05, 4.69) is 5.32 Å². The SMILES string of the molecule is CCC(NCCCC(=O)OCc1ccccc1)C(N)=O. The van der Waals surface area contributed by atoms with Gasteiger partial charge in [0, 0.05) is 6.42 Å². The third-order valence-corrected chi connectivity index (χ3v) is 2.94. The molecule has 0 aliphatic heterocycles. The van der Waals surface area contributed by atoms with E-state index < -0.39 is 0 Å². The van der Waals surface area contributed by atoms with E-state index in [1.54, 1.807) is 0 Å². The molecule has 0 aliphatic rings. The van der Waals surface area contributed by atoms with E-state index in [1.165, 1.54) is 0 Å². The smallest absolute Gasteiger partial charge is 0.306 e. The molecule has 1 unspecified atom stereocenters. The highest BCUT2D eigenvalue weighted by molar-refractivity contribution is 5.79. The molecule has 0 saturated heterocycles. The largest absolute Gasteiger partial charge is 0.461 e. The van der Waals surface area contributed by atoms with Gasteiger partial charge in [0.15, 0.2) is 0 Å². The third kappa shape index (κ3) is 6.33. The maximum Gasteiger partial charge on any atom is 0.306 e. The molecule has 0 bridgehead atoms. The van der Waals surface area contributed by atoms with Gasteiger partial charge >= 0.3 is 5.97 Å². The lowest BCUT2D eigenvalue weighted by molar-refractivity contribution is -0.145. The minimum atomic E-state index is -0.362. The van der Waals surface area contributed by atoms with Gasteiger partial charge in [0.2, 0.25) is 5.91 Å². The Hall–Kier alpha value is -1.88. The average Bonchev–Trinajstić information content (AvgIpc) is 2.46. The van der Waals surface area contributed by atoms with Crippen molar-refractivity contribution in [2.24, 2.45) is 5.73 Å². The number of hydrogen-bond acceptors (Lipinski definition) is 4. The Morgan fingerprint density at radius 1 is 1.30 bits per heavy atom. The molecule has 0 fully saturated rings. The maximum atomic E-state index is 11.5. The lowest BCUT2D eigenvalue weighted by Gasteiger charge is -2.12. The molecule has 1 aromatic rings. The van der Waals surface area contributed by atoms with E-state index in [-0.39, 0.29) is 17.9 Å². The Morgan fingerprint density at radius 2 is 2.00 bits per heavy atom. The van der Waals surface area contributed by atoms with Crippen LogP contribution in [0.25, 0.3) is 0 Å². The van der Waals surface area contributed by atoms with Gasteiger partial charge in [-0.1, -0.05) is 37.3 Å². The molecule has 5 nitrogen and oxygen atoms in total. The van der Waals surface area contributed by atoms with E-state index in [0.29, 0.717) is 32.4 Å². The van der Waals surface area contributed by atoms with Crippen molar-refractivity contribution in [2.75, 3.05) is 6.54 Å². The van der Waals surface area contributed by atoms with Crippen LogP contribution in [0.3, 0.4) is 0 Å². The van der Waals surface area contributed by atoms with Gasteiger partial charge in [-0.15, -0.1) is 0 Å². The predicted octanol–water partition coefficient (Wildman–Crippen LogP) is 1.36. The molecule has 1 amide bonds. The number of carbonyl (C=O) groups is 2. The van der Waals surface area contributed by atoms with E-state index in [9.17, 15) is 9.59 Å². The van der Waals surface area contributed by atoms with Crippen LogP contribution in [0.15, 0.2) is 30.3 Å². The summed E-state index contributed by atoms with van der Waals surface area (Å²) in [6.07, 6.45) is 1.60. The number of ether oxygens (including phenoxy) is 1. The number of carbonyl (C=O) groups excluding carboxylic acids is 2. The van der Waals surface area contributed by atoms with Crippen molar-refractivity contribution in [3.63, 3.8) is 0 Å². The summed E-state index contributed by atoms with van der Waals surface area (Å²) < 4.78 is 5.15. The lowest BCUT2D eigenvalue weighted by Crippen LogP contribution is -2.41. The Labute approximate surface area is 119 Å². The van der Waals surface area contributed by atoms with E-state index >= 15 is 0 Å². The molecule has 0 radical (unpaired) electrons. The van der Waals surface area contributed by atoms with Gasteiger partial charge in [-0.3, -0.25) is 9.59 Å². The highest BCUT2D eigenvalue weighted by atomic mass is 16.5. The van der Waals surface area contributed by atoms with Crippen LogP contribution in [0.2, 0.25) is 0 Å². The van der Waals surface area contributed by atoms with Gasteiger partial charge in [0.05, 0.1) is 6.04 Å². The molecule has 5 heteroatoms. The highest BCUT2D eigenvalue weighted by Crippen LogP contribution is 2.02. The molecular formula is C15H22N2O3. The molecule has 20 heavy (non-hydrogen) atoms. The second-order valence-electron chi connectivity index (χ2n) is 4.57. The van der Waals surface area contributed by atoms with Crippen LogP contribution in [0.5, 0.6) is 0 Å². The fourth-order valence-electron chi connectivity index (χ4n) is 1.77. The number of rotatable bonds is 9. The molecule has 1 aromatic carbocycles. The van der Waals surface area contributed by atoms with Crippen LogP contribution in [0.1, 0.15) is 31.7 Å². The van der Waals surface area contributed by atoms with Crippen LogP contribution in [-0.4, -0.2) is 24.5 Å². The number of benzene rings is 1. The van der Waals surface area contributed by atoms with E-state index in [4.69, 9.17) is 10.5 Å². The first-order valence-corrected chi connectivity index (χ1v) is 6.85. The number of amides is 1. The molecule has 0 heterocycles. The lowest BCUT2D eigenvalue weighted by atomic mass is 10.2. The van der Waals surface area contributed by atoms with Crippen molar-refractivity contribution in [2.45, 2.75) is 38.8 Å². The zero-order valence-corrected chi connectivity index (χ0v) is 11.8. The number of primary amides is 1. The molecule has 3 N–H and O–H groups in total. The molecule has 0 spiro atoms. The Morgan fingerprint density at radius 3 is 2.60 bits per heavy atom. The molecular weight excluding hydrogens is 256 g/mol. The highest BCUT2D eigenvalue weighted by Gasteiger charge is 2.11. The fourth-order valence-corrected chi connectivity index (χ4v) is 1.77. The van der Waals surface area contributed by atoms with Crippen LogP contribution in [-0.2, 0) is 20.9 Å². The summed E-state index contributed by atoms with van der Waals surface area (Å²) in [5, 5.41) is 3.02. The maximum absolute atomic E-state index is 11.5. The Bertz CT molecular complexity index is 420. The van der Waals surface area contributed by atoms with Crippen molar-refractivity contribution in [3.05, 3.63) is 35.9 Å². The summed E-state index contributed by atoms with van der Waals surface area (Å²) in [5.74, 6) is -0.595. The summed E-state index contributed by atoms with van der Waals surface area (Å²) in [4.78, 5) is 22.5. The van der Waals surface area contributed by atoms with Gasteiger partial charge in [0.1, 0.15) is 6.61 Å². The average molecular weight is 278 g/mol. The number of nitrogens with one attached hydrogen (secondary N) is 1. The number of hydrogen-bond donors (Lipinski definition) is 2. The molecule has 1 atom stereocenters. The quantitative estimate of drug-likeness (QED) is 0.528. The molecule has 0 aliphatic carbocycles. The minimum Gasteiger partial charge on any atom is -0.461 e. The van der Waals surface area contributed by atoms with E-state index in [0.717, 1.165) is 5.56 Å². The Kier molecular flexibility index (Phi) is 7.35. The van der Waals surface area contributed by atoms with Gasteiger partial charge < -0.3 is 15.8 Å². The Balaban J connectivity index is 2.13. The standard InChI is InChI=1S/C15H22N2O3/c1-2-13(15(16)19)17-10-6-9-14(18)20-11-12-7-4-3-5-8-12/h3-5,7-8,13,17H,2,6,9-11H2,1H3,(H2,16,19). The van der Waals surface area contributed by atoms with Gasteiger partial charge in [0.25, 0.3) is 0 Å². The summed E-state index contributed by atoms with van der Waals surface area (Å²) in [7, 11) is 0. The number of nitrogens with two attached hydrogens (primary N) is 1. The van der Waals surface area contributed by atoms with Crippen molar-refractivity contribution >= 4 is 11.9 Å². The first-order chi connectivity index (χ1) is 9.63. The van der Waals surface area contributed by atoms with Gasteiger partial charge in [-0.05, 0) is 24.9 Å². The van der Waals surface area contributed by atoms with E-state index in [1.807, 2.05) is 37.3 Å². The van der Waals surface area contributed by atoms with Crippen molar-refractivity contribution in [1.29, 1.82) is 0 Å². The summed E-state index contributed by atoms with van der Waals surface area (Å²) in [6, 6.07) is 9.22. The molecule has 110 valence electrons. The fraction of sp³-hybridized carbons (Fsp3) is 0.467. The van der Waals surface area contributed by atoms with Crippen LogP contribution in [0.4, 0.5) is 0 Å². The molecule has 1 rings (SSSR count). The monoisotopic (exact) mass is 278 g/mol. The summed E-state index contributed by atoms with van der Waals surface area (Å²) in [5.41, 5.74) is 6.18. The topological polar surface area (TPSA) is 81.4 Å². The van der Waals surface area contributed by atoms with Crippen LogP contribution < -0.4 is 11.1 Å². The first-order valence-electron chi connectivity index (χ1n) is 6.85. The van der Waals surface area contributed by atoms with Gasteiger partial charge in [-0.25, -0.2) is 0 Å². The van der Waals surface area contributed by atoms with Crippen molar-refractivity contribution in [3.8, 4) is 0 Å². The second-order valence-corrected chi connectivity index (χ2v) is 4.57. The summed E-state index contributed by atoms with van der Waals surface area (Å²) in [6.45, 7) is 2.75. The molecule has 0 saturated carbocycles. The second kappa shape index (κ2) is 9.09. The zero-order chi connectivity index (χ0) is 14.8. The molecule has 0 aromatic heterocycles. The van der Waals surface area contributed by atoms with Crippen LogP contribution in [0, 0.1) is 0 Å². The third-order valence-electron chi connectivity index (χ3n) is 2.94. The zero-order valence-electron chi connectivity index (χ0n) is 11.8. The number of esters is 1. The normalized spacial score (nSPS) is 11.8.